The van der Waals surface area contributed by atoms with Crippen LogP contribution in [0.1, 0.15) is 113 Å². The van der Waals surface area contributed by atoms with E-state index in [-0.39, 0.29) is 62.0 Å². The third-order valence-corrected chi connectivity index (χ3v) is 15.0. The van der Waals surface area contributed by atoms with Gasteiger partial charge in [0.1, 0.15) is 23.2 Å². The molecule has 2 aliphatic heterocycles. The van der Waals surface area contributed by atoms with E-state index < -0.39 is 83.4 Å². The molecule has 1 aromatic carbocycles. The van der Waals surface area contributed by atoms with Crippen LogP contribution in [0, 0.1) is 17.8 Å². The van der Waals surface area contributed by atoms with E-state index in [9.17, 15) is 41.9 Å². The minimum absolute atomic E-state index is 0.0592. The zero-order valence-corrected chi connectivity index (χ0v) is 52.9. The maximum absolute atomic E-state index is 14.7. The van der Waals surface area contributed by atoms with Gasteiger partial charge in [-0.2, -0.15) is 13.2 Å². The third kappa shape index (κ3) is 26.7. The molecule has 0 spiro atoms. The van der Waals surface area contributed by atoms with Gasteiger partial charge in [-0.05, 0) is 70.8 Å². The molecule has 9 atom stereocenters. The van der Waals surface area contributed by atoms with Crippen molar-refractivity contribution >= 4 is 41.5 Å². The van der Waals surface area contributed by atoms with Crippen LogP contribution < -0.4 is 16.4 Å². The summed E-state index contributed by atoms with van der Waals surface area (Å²) < 4.78 is 82.5. The number of rotatable bonds is 39. The van der Waals surface area contributed by atoms with Crippen LogP contribution in [-0.2, 0) is 82.6 Å². The summed E-state index contributed by atoms with van der Waals surface area (Å²) in [7, 11) is 4.74. The second-order valence-corrected chi connectivity index (χ2v) is 23.0. The Morgan fingerprint density at radius 2 is 1.29 bits per heavy atom. The summed E-state index contributed by atoms with van der Waals surface area (Å²) in [5.41, 5.74) is 4.28. The van der Waals surface area contributed by atoms with E-state index in [4.69, 9.17) is 58.3 Å². The normalized spacial score (nSPS) is 18.7. The molecule has 5 amide bonds. The van der Waals surface area contributed by atoms with Crippen LogP contribution in [0.25, 0.3) is 0 Å². The quantitative estimate of drug-likeness (QED) is 0.0518. The van der Waals surface area contributed by atoms with E-state index in [0.717, 1.165) is 5.56 Å². The molecule has 3 rings (SSSR count). The highest BCUT2D eigenvalue weighted by Gasteiger charge is 2.48. The number of likely N-dealkylation sites (N-methyl/N-ethyl adjacent to an activating group) is 1. The van der Waals surface area contributed by atoms with Crippen molar-refractivity contribution in [2.24, 2.45) is 23.5 Å². The number of carboxylic acids is 1. The second-order valence-electron chi connectivity index (χ2n) is 23.0. The van der Waals surface area contributed by atoms with Gasteiger partial charge in [-0.15, -0.1) is 0 Å². The minimum atomic E-state index is -5.08. The lowest BCUT2D eigenvalue weighted by Crippen LogP contribution is -2.62. The van der Waals surface area contributed by atoms with Crippen molar-refractivity contribution in [2.75, 3.05) is 120 Å². The predicted octanol–water partition coefficient (Wildman–Crippen LogP) is 4.58. The predicted molar refractivity (Wildman–Crippen MR) is 312 cm³/mol. The number of amides is 5. The standard InChI is InChI=1S/C58H100N6O15.C2HF3O2/c1-13-42(4)51(47(71-11)40-49(66)63-25-17-21-46(63)52(72-12)43(5)53(67)60-45(55(69)79-57(6,7)8)39-44-19-15-14-16-20-44)62(10)54(68)50(41(2)3)61-56(70)58(9)23-18-26-64(58)48(65)22-27-73-29-31-75-33-35-77-37-38-78-36-34-76-32-30-74-28-24-59;3-2(4,5)1(6)7/h14-16,19-20,41-43,45-47,50-52H,13,17-18,21-40,59H2,1-12H3,(H,60,67)(H,61,70);(H,6,7)/t42-,43+,45-,46-,47+,50-,51-,52+,58-;/m0./s1. The molecule has 26 heteroatoms. The van der Waals surface area contributed by atoms with E-state index in [1.807, 2.05) is 58.0 Å². The molecule has 0 aromatic heterocycles. The van der Waals surface area contributed by atoms with E-state index in [1.54, 1.807) is 56.4 Å². The number of methoxy groups -OCH3 is 2. The van der Waals surface area contributed by atoms with Gasteiger partial charge < -0.3 is 78.8 Å². The molecule has 0 unspecified atom stereocenters. The van der Waals surface area contributed by atoms with Crippen LogP contribution >= 0.6 is 0 Å². The summed E-state index contributed by atoms with van der Waals surface area (Å²) >= 11 is 0. The van der Waals surface area contributed by atoms with Crippen molar-refractivity contribution in [3.63, 3.8) is 0 Å². The highest BCUT2D eigenvalue weighted by molar-refractivity contribution is 5.95. The first-order valence-corrected chi connectivity index (χ1v) is 29.9. The first-order valence-electron chi connectivity index (χ1n) is 29.9. The smallest absolute Gasteiger partial charge is 0.475 e. The monoisotopic (exact) mass is 1230 g/mol. The van der Waals surface area contributed by atoms with Crippen LogP contribution in [0.3, 0.4) is 0 Å². The Morgan fingerprint density at radius 1 is 0.767 bits per heavy atom. The van der Waals surface area contributed by atoms with Crippen molar-refractivity contribution in [1.29, 1.82) is 0 Å². The topological polar surface area (TPSA) is 283 Å². The molecular weight excluding hydrogens is 1130 g/mol. The van der Waals surface area contributed by atoms with Crippen LogP contribution in [-0.4, -0.2) is 235 Å². The van der Waals surface area contributed by atoms with E-state index in [2.05, 4.69) is 10.6 Å². The number of carboxylic acid groups (broad SMARTS) is 1. The molecule has 86 heavy (non-hydrogen) atoms. The van der Waals surface area contributed by atoms with Crippen LogP contribution in [0.15, 0.2) is 30.3 Å². The number of likely N-dealkylation sites (tertiary alicyclic amines) is 2. The summed E-state index contributed by atoms with van der Waals surface area (Å²) in [5, 5.41) is 13.1. The maximum atomic E-state index is 14.7. The van der Waals surface area contributed by atoms with Crippen molar-refractivity contribution in [2.45, 2.75) is 167 Å². The minimum Gasteiger partial charge on any atom is -0.475 e. The number of nitrogens with one attached hydrogen (secondary N) is 2. The van der Waals surface area contributed by atoms with Gasteiger partial charge in [0.25, 0.3) is 0 Å². The molecule has 2 aliphatic rings. The lowest BCUT2D eigenvalue weighted by Gasteiger charge is -2.41. The maximum Gasteiger partial charge on any atom is 0.490 e. The number of nitrogens with two attached hydrogens (primary N) is 1. The number of aliphatic carboxylic acids is 1. The molecule has 0 saturated carbocycles. The fourth-order valence-electron chi connectivity index (χ4n) is 10.2. The molecule has 0 bridgehead atoms. The van der Waals surface area contributed by atoms with E-state index >= 15 is 0 Å². The number of benzene rings is 1. The van der Waals surface area contributed by atoms with Crippen LogP contribution in [0.5, 0.6) is 0 Å². The number of esters is 1. The van der Waals surface area contributed by atoms with Gasteiger partial charge in [-0.3, -0.25) is 24.0 Å². The molecule has 23 nitrogen and oxygen atoms in total. The summed E-state index contributed by atoms with van der Waals surface area (Å²) in [6.07, 6.45) is -3.28. The Morgan fingerprint density at radius 3 is 1.76 bits per heavy atom. The largest absolute Gasteiger partial charge is 0.490 e. The van der Waals surface area contributed by atoms with E-state index in [0.29, 0.717) is 118 Å². The van der Waals surface area contributed by atoms with Gasteiger partial charge in [0.15, 0.2) is 0 Å². The highest BCUT2D eigenvalue weighted by Crippen LogP contribution is 2.32. The van der Waals surface area contributed by atoms with Crippen molar-refractivity contribution in [3.8, 4) is 0 Å². The fourth-order valence-corrected chi connectivity index (χ4v) is 10.2. The first-order chi connectivity index (χ1) is 40.6. The Hall–Kier alpha value is -5.06. The number of nitrogens with zero attached hydrogens (tertiary/aromatic N) is 3. The molecule has 494 valence electrons. The van der Waals surface area contributed by atoms with Gasteiger partial charge in [-0.1, -0.05) is 71.4 Å². The van der Waals surface area contributed by atoms with Gasteiger partial charge in [0, 0.05) is 47.3 Å². The number of hydrogen-bond acceptors (Lipinski definition) is 17. The number of carbonyl (C=O) groups is 7. The number of alkyl halides is 3. The highest BCUT2D eigenvalue weighted by atomic mass is 19.4. The fraction of sp³-hybridized carbons (Fsp3) is 0.783. The molecular formula is C60H101F3N6O17. The molecule has 2 fully saturated rings. The third-order valence-electron chi connectivity index (χ3n) is 15.0. The number of halogens is 3. The Bertz CT molecular complexity index is 2180. The second kappa shape index (κ2) is 39.8. The average molecular weight is 1240 g/mol. The molecule has 0 aliphatic carbocycles. The average Bonchev–Trinajstić information content (AvgIpc) is 2.43. The van der Waals surface area contributed by atoms with Gasteiger partial charge >= 0.3 is 18.1 Å². The lowest BCUT2D eigenvalue weighted by atomic mass is 9.89. The molecule has 0 radical (unpaired) electrons. The Labute approximate surface area is 506 Å². The van der Waals surface area contributed by atoms with Crippen molar-refractivity contribution in [1.82, 2.24) is 25.3 Å². The molecule has 1 aromatic rings. The summed E-state index contributed by atoms with van der Waals surface area (Å²) in [6.45, 7) is 22.8. The number of carbonyl (C=O) groups excluding carboxylic acids is 6. The zero-order valence-electron chi connectivity index (χ0n) is 52.9. The Balaban J connectivity index is 0.00000338. The van der Waals surface area contributed by atoms with Crippen LogP contribution in [0.2, 0.25) is 0 Å². The van der Waals surface area contributed by atoms with Crippen molar-refractivity contribution < 1.29 is 94.5 Å². The van der Waals surface area contributed by atoms with Gasteiger partial charge in [0.05, 0.1) is 122 Å². The number of hydrogen-bond donors (Lipinski definition) is 4. The summed E-state index contributed by atoms with van der Waals surface area (Å²) in [6, 6.07) is 6.48. The number of ether oxygens (including phenoxy) is 9. The van der Waals surface area contributed by atoms with E-state index in [1.165, 1.54) is 14.2 Å². The summed E-state index contributed by atoms with van der Waals surface area (Å²) in [4.78, 5) is 98.6. The van der Waals surface area contributed by atoms with Gasteiger partial charge in [0.2, 0.25) is 29.5 Å². The SMILES string of the molecule is CC[C@H](C)[C@@H]([C@@H](CC(=O)N1CCC[C@H]1[C@H](OC)[C@@H](C)C(=O)N[C@@H](Cc1ccccc1)C(=O)OC(C)(C)C)OC)N(C)C(=O)[C@@H](NC(=O)[C@]1(C)CCCN1C(=O)CCOCCOCCOCCOCCOCCOCCN)C(C)C.O=C(O)C(F)(F)F. The zero-order chi connectivity index (χ0) is 64.6. The molecule has 2 saturated heterocycles. The first kappa shape index (κ1) is 77.0. The molecule has 5 N–H and O–H groups in total. The van der Waals surface area contributed by atoms with Crippen molar-refractivity contribution in [3.05, 3.63) is 35.9 Å². The Kier molecular flexibility index (Phi) is 35.6. The lowest BCUT2D eigenvalue weighted by molar-refractivity contribution is -0.192. The molecule has 2 heterocycles. The van der Waals surface area contributed by atoms with Gasteiger partial charge in [-0.25, -0.2) is 9.59 Å². The van der Waals surface area contributed by atoms with Crippen LogP contribution in [0.4, 0.5) is 13.2 Å². The summed E-state index contributed by atoms with van der Waals surface area (Å²) in [5.74, 6) is -6.10.